The summed E-state index contributed by atoms with van der Waals surface area (Å²) in [6, 6.07) is 0.140. The van der Waals surface area contributed by atoms with Gasteiger partial charge in [-0.15, -0.1) is 0 Å². The molecule has 23 heavy (non-hydrogen) atoms. The summed E-state index contributed by atoms with van der Waals surface area (Å²) in [5, 5.41) is 7.08. The first-order chi connectivity index (χ1) is 10.9. The Morgan fingerprint density at radius 3 is 2.74 bits per heavy atom. The van der Waals surface area contributed by atoms with Gasteiger partial charge in [0.25, 0.3) is 5.91 Å². The molecule has 0 bridgehead atoms. The maximum absolute atomic E-state index is 12.2. The van der Waals surface area contributed by atoms with Gasteiger partial charge in [-0.1, -0.05) is 0 Å². The van der Waals surface area contributed by atoms with E-state index in [0.29, 0.717) is 12.6 Å². The second kappa shape index (κ2) is 5.96. The van der Waals surface area contributed by atoms with E-state index >= 15 is 0 Å². The van der Waals surface area contributed by atoms with Crippen molar-refractivity contribution in [2.45, 2.75) is 51.7 Å². The smallest absolute Gasteiger partial charge is 0.324 e. The van der Waals surface area contributed by atoms with Crippen LogP contribution in [0.4, 0.5) is 4.79 Å². The number of amides is 3. The van der Waals surface area contributed by atoms with Gasteiger partial charge in [-0.3, -0.25) is 19.3 Å². The molecule has 2 aliphatic rings. The SMILES string of the molecule is Cc1cnn(CC2CCCN2CCN2C(=O)NC(C)(C)C2=O)c1. The van der Waals surface area contributed by atoms with Gasteiger partial charge < -0.3 is 5.32 Å². The molecule has 2 saturated heterocycles. The molecule has 0 spiro atoms. The Morgan fingerprint density at radius 1 is 1.35 bits per heavy atom. The minimum atomic E-state index is -0.784. The minimum Gasteiger partial charge on any atom is -0.324 e. The van der Waals surface area contributed by atoms with Gasteiger partial charge >= 0.3 is 6.03 Å². The molecule has 3 rings (SSSR count). The van der Waals surface area contributed by atoms with Crippen molar-refractivity contribution in [1.82, 2.24) is 24.9 Å². The van der Waals surface area contributed by atoms with Crippen molar-refractivity contribution in [1.29, 1.82) is 0 Å². The fourth-order valence-corrected chi connectivity index (χ4v) is 3.43. The molecule has 0 aliphatic carbocycles. The molecule has 0 saturated carbocycles. The molecule has 7 heteroatoms. The van der Waals surface area contributed by atoms with Crippen LogP contribution in [0, 0.1) is 6.92 Å². The summed E-state index contributed by atoms with van der Waals surface area (Å²) in [6.07, 6.45) is 6.20. The van der Waals surface area contributed by atoms with Gasteiger partial charge in [-0.05, 0) is 45.7 Å². The maximum Gasteiger partial charge on any atom is 0.325 e. The van der Waals surface area contributed by atoms with Gasteiger partial charge in [0.1, 0.15) is 5.54 Å². The van der Waals surface area contributed by atoms with Crippen molar-refractivity contribution in [2.75, 3.05) is 19.6 Å². The molecule has 1 N–H and O–H groups in total. The summed E-state index contributed by atoms with van der Waals surface area (Å²) in [5.41, 5.74) is 0.379. The number of nitrogens with one attached hydrogen (secondary N) is 1. The zero-order valence-electron chi connectivity index (χ0n) is 14.1. The topological polar surface area (TPSA) is 70.5 Å². The summed E-state index contributed by atoms with van der Waals surface area (Å²) in [6.45, 7) is 8.56. The van der Waals surface area contributed by atoms with Crippen molar-refractivity contribution in [2.24, 2.45) is 0 Å². The third-order valence-electron chi connectivity index (χ3n) is 4.71. The molecule has 0 aromatic carbocycles. The van der Waals surface area contributed by atoms with Gasteiger partial charge in [0.2, 0.25) is 0 Å². The standard InChI is InChI=1S/C16H25N5O2/c1-12-9-17-20(10-12)11-13-5-4-6-19(13)7-8-21-14(22)16(2,3)18-15(21)23/h9-10,13H,4-8,11H2,1-3H3,(H,18,23). The lowest BCUT2D eigenvalue weighted by atomic mass is 10.1. The van der Waals surface area contributed by atoms with Gasteiger partial charge in [-0.25, -0.2) is 4.79 Å². The number of carbonyl (C=O) groups excluding carboxylic acids is 2. The predicted octanol–water partition coefficient (Wildman–Crippen LogP) is 0.986. The Kier molecular flexibility index (Phi) is 4.14. The van der Waals surface area contributed by atoms with E-state index in [2.05, 4.69) is 21.5 Å². The van der Waals surface area contributed by atoms with E-state index in [1.54, 1.807) is 13.8 Å². The summed E-state index contributed by atoms with van der Waals surface area (Å²) < 4.78 is 1.98. The van der Waals surface area contributed by atoms with Crippen LogP contribution >= 0.6 is 0 Å². The van der Waals surface area contributed by atoms with Crippen molar-refractivity contribution < 1.29 is 9.59 Å². The molecule has 2 fully saturated rings. The number of likely N-dealkylation sites (tertiary alicyclic amines) is 1. The summed E-state index contributed by atoms with van der Waals surface area (Å²) >= 11 is 0. The van der Waals surface area contributed by atoms with E-state index in [9.17, 15) is 9.59 Å². The molecule has 3 amide bonds. The Labute approximate surface area is 136 Å². The first-order valence-corrected chi connectivity index (χ1v) is 8.24. The average molecular weight is 319 g/mol. The van der Waals surface area contributed by atoms with E-state index in [1.807, 2.05) is 17.8 Å². The van der Waals surface area contributed by atoms with Crippen molar-refractivity contribution in [3.05, 3.63) is 18.0 Å². The van der Waals surface area contributed by atoms with E-state index in [0.717, 1.165) is 38.0 Å². The van der Waals surface area contributed by atoms with Crippen LogP contribution in [0.25, 0.3) is 0 Å². The molecule has 1 aromatic heterocycles. The van der Waals surface area contributed by atoms with Crippen LogP contribution in [0.3, 0.4) is 0 Å². The van der Waals surface area contributed by atoms with Crippen LogP contribution in [0.5, 0.6) is 0 Å². The molecular formula is C16H25N5O2. The normalized spacial score (nSPS) is 24.5. The summed E-state index contributed by atoms with van der Waals surface area (Å²) in [4.78, 5) is 27.9. The highest BCUT2D eigenvalue weighted by molar-refractivity contribution is 6.06. The number of urea groups is 1. The third kappa shape index (κ3) is 3.24. The first-order valence-electron chi connectivity index (χ1n) is 8.24. The highest BCUT2D eigenvalue weighted by atomic mass is 16.2. The Hall–Kier alpha value is -1.89. The summed E-state index contributed by atoms with van der Waals surface area (Å²) in [7, 11) is 0. The predicted molar refractivity (Wildman–Crippen MR) is 85.9 cm³/mol. The molecule has 2 aliphatic heterocycles. The largest absolute Gasteiger partial charge is 0.325 e. The van der Waals surface area contributed by atoms with Crippen LogP contribution in [0.15, 0.2) is 12.4 Å². The lowest BCUT2D eigenvalue weighted by Gasteiger charge is -2.26. The van der Waals surface area contributed by atoms with Crippen LogP contribution in [0.2, 0.25) is 0 Å². The highest BCUT2D eigenvalue weighted by Crippen LogP contribution is 2.20. The molecule has 3 heterocycles. The molecular weight excluding hydrogens is 294 g/mol. The number of aryl methyl sites for hydroxylation is 1. The highest BCUT2D eigenvalue weighted by Gasteiger charge is 2.44. The average Bonchev–Trinajstić information content (AvgIpc) is 3.12. The summed E-state index contributed by atoms with van der Waals surface area (Å²) in [5.74, 6) is -0.138. The van der Waals surface area contributed by atoms with Crippen LogP contribution in [-0.4, -0.2) is 62.7 Å². The number of rotatable bonds is 5. The molecule has 1 unspecified atom stereocenters. The minimum absolute atomic E-state index is 0.138. The number of nitrogens with zero attached hydrogens (tertiary/aromatic N) is 4. The zero-order chi connectivity index (χ0) is 16.6. The molecule has 0 radical (unpaired) electrons. The number of hydrogen-bond acceptors (Lipinski definition) is 4. The van der Waals surface area contributed by atoms with Gasteiger partial charge in [-0.2, -0.15) is 5.10 Å². The molecule has 126 valence electrons. The molecule has 7 nitrogen and oxygen atoms in total. The zero-order valence-corrected chi connectivity index (χ0v) is 14.1. The Bertz CT molecular complexity index is 609. The monoisotopic (exact) mass is 319 g/mol. The Balaban J connectivity index is 1.57. The quantitative estimate of drug-likeness (QED) is 0.822. The van der Waals surface area contributed by atoms with Crippen LogP contribution in [-0.2, 0) is 11.3 Å². The number of imide groups is 1. The van der Waals surface area contributed by atoms with E-state index < -0.39 is 5.54 Å². The van der Waals surface area contributed by atoms with Crippen LogP contribution < -0.4 is 5.32 Å². The molecule has 1 atom stereocenters. The van der Waals surface area contributed by atoms with E-state index in [-0.39, 0.29) is 11.9 Å². The lowest BCUT2D eigenvalue weighted by molar-refractivity contribution is -0.130. The van der Waals surface area contributed by atoms with Crippen LogP contribution in [0.1, 0.15) is 32.3 Å². The third-order valence-corrected chi connectivity index (χ3v) is 4.71. The van der Waals surface area contributed by atoms with Gasteiger partial charge in [0.05, 0.1) is 12.7 Å². The van der Waals surface area contributed by atoms with Crippen molar-refractivity contribution in [3.8, 4) is 0 Å². The first kappa shape index (κ1) is 16.0. The molecule has 1 aromatic rings. The fourth-order valence-electron chi connectivity index (χ4n) is 3.43. The second-order valence-electron chi connectivity index (χ2n) is 7.08. The number of carbonyl (C=O) groups is 2. The van der Waals surface area contributed by atoms with E-state index in [1.165, 1.54) is 4.90 Å². The maximum atomic E-state index is 12.2. The number of hydrogen-bond donors (Lipinski definition) is 1. The van der Waals surface area contributed by atoms with Crippen molar-refractivity contribution in [3.63, 3.8) is 0 Å². The van der Waals surface area contributed by atoms with Crippen molar-refractivity contribution >= 4 is 11.9 Å². The second-order valence-corrected chi connectivity index (χ2v) is 7.08. The Morgan fingerprint density at radius 2 is 2.13 bits per heavy atom. The fraction of sp³-hybridized carbons (Fsp3) is 0.688. The van der Waals surface area contributed by atoms with Gasteiger partial charge in [0.15, 0.2) is 0 Å². The number of aromatic nitrogens is 2. The lowest BCUT2D eigenvalue weighted by Crippen LogP contribution is -2.43. The van der Waals surface area contributed by atoms with Gasteiger partial charge in [0, 0.05) is 25.3 Å². The van der Waals surface area contributed by atoms with E-state index in [4.69, 9.17) is 0 Å².